The highest BCUT2D eigenvalue weighted by molar-refractivity contribution is 7.86. The van der Waals surface area contributed by atoms with E-state index in [-0.39, 0.29) is 5.82 Å². The van der Waals surface area contributed by atoms with E-state index in [0.717, 1.165) is 0 Å². The Hall–Kier alpha value is -1.06. The Labute approximate surface area is 130 Å². The molecule has 6 nitrogen and oxygen atoms in total. The van der Waals surface area contributed by atoms with Crippen molar-refractivity contribution in [3.63, 3.8) is 0 Å². The second kappa shape index (κ2) is 6.59. The van der Waals surface area contributed by atoms with E-state index >= 15 is 0 Å². The van der Waals surface area contributed by atoms with Gasteiger partial charge in [0, 0.05) is 32.7 Å². The minimum absolute atomic E-state index is 0.355. The van der Waals surface area contributed by atoms with Gasteiger partial charge in [-0.05, 0) is 17.7 Å². The Bertz CT molecular complexity index is 620. The fourth-order valence-electron chi connectivity index (χ4n) is 2.89. The third-order valence-electron chi connectivity index (χ3n) is 4.02. The van der Waals surface area contributed by atoms with Gasteiger partial charge in [0.1, 0.15) is 5.82 Å². The van der Waals surface area contributed by atoms with E-state index < -0.39 is 16.3 Å². The number of piperazine rings is 1. The third-order valence-corrected chi connectivity index (χ3v) is 6.07. The molecule has 0 radical (unpaired) electrons. The number of rotatable bonds is 3. The Morgan fingerprint density at radius 3 is 2.73 bits per heavy atom. The maximum absolute atomic E-state index is 13.5. The summed E-state index contributed by atoms with van der Waals surface area (Å²) >= 11 is 0. The van der Waals surface area contributed by atoms with Crippen LogP contribution in [0.2, 0.25) is 0 Å². The van der Waals surface area contributed by atoms with Gasteiger partial charge in [0.15, 0.2) is 0 Å². The number of benzene rings is 1. The van der Waals surface area contributed by atoms with Crippen LogP contribution < -0.4 is 5.32 Å². The lowest BCUT2D eigenvalue weighted by atomic mass is 10.1. The first-order chi connectivity index (χ1) is 10.6. The molecule has 2 aliphatic rings. The van der Waals surface area contributed by atoms with Crippen molar-refractivity contribution < 1.29 is 17.5 Å². The van der Waals surface area contributed by atoms with E-state index in [1.807, 2.05) is 0 Å². The Morgan fingerprint density at radius 1 is 1.23 bits per heavy atom. The molecule has 0 saturated carbocycles. The average Bonchev–Trinajstić information content (AvgIpc) is 2.56. The molecule has 8 heteroatoms. The second-order valence-corrected chi connectivity index (χ2v) is 7.29. The normalized spacial score (nSPS) is 25.2. The quantitative estimate of drug-likeness (QED) is 0.869. The summed E-state index contributed by atoms with van der Waals surface area (Å²) in [6.45, 7) is 3.00. The molecule has 1 atom stereocenters. The van der Waals surface area contributed by atoms with Crippen molar-refractivity contribution in [1.82, 2.24) is 13.9 Å². The van der Waals surface area contributed by atoms with E-state index in [1.54, 1.807) is 12.1 Å². The highest BCUT2D eigenvalue weighted by Crippen LogP contribution is 2.27. The number of ether oxygens (including phenoxy) is 1. The van der Waals surface area contributed by atoms with Crippen LogP contribution in [0, 0.1) is 5.82 Å². The first-order valence-corrected chi connectivity index (χ1v) is 8.79. The van der Waals surface area contributed by atoms with Crippen molar-refractivity contribution in [2.45, 2.75) is 6.04 Å². The molecule has 2 aliphatic heterocycles. The molecule has 2 fully saturated rings. The Kier molecular flexibility index (Phi) is 4.74. The van der Waals surface area contributed by atoms with Gasteiger partial charge in [-0.25, -0.2) is 4.39 Å². The number of morpholine rings is 1. The summed E-state index contributed by atoms with van der Waals surface area (Å²) < 4.78 is 47.4. The molecule has 3 rings (SSSR count). The van der Waals surface area contributed by atoms with E-state index in [0.29, 0.717) is 51.5 Å². The van der Waals surface area contributed by atoms with Gasteiger partial charge in [-0.2, -0.15) is 17.0 Å². The van der Waals surface area contributed by atoms with Gasteiger partial charge in [0.2, 0.25) is 0 Å². The summed E-state index contributed by atoms with van der Waals surface area (Å²) in [5.41, 5.74) is 0.670. The van der Waals surface area contributed by atoms with E-state index in [4.69, 9.17) is 4.74 Å². The molecule has 1 aromatic rings. The van der Waals surface area contributed by atoms with Gasteiger partial charge in [-0.3, -0.25) is 0 Å². The minimum Gasteiger partial charge on any atom is -0.379 e. The topological polar surface area (TPSA) is 61.9 Å². The number of nitrogens with one attached hydrogen (secondary N) is 1. The summed E-state index contributed by atoms with van der Waals surface area (Å²) in [4.78, 5) is 0. The van der Waals surface area contributed by atoms with Gasteiger partial charge in [0.05, 0.1) is 19.3 Å². The van der Waals surface area contributed by atoms with Crippen molar-refractivity contribution in [1.29, 1.82) is 0 Å². The van der Waals surface area contributed by atoms with Crippen LogP contribution in [-0.4, -0.2) is 63.0 Å². The van der Waals surface area contributed by atoms with Gasteiger partial charge in [-0.1, -0.05) is 12.1 Å². The summed E-state index contributed by atoms with van der Waals surface area (Å²) in [5, 5.41) is 3.19. The monoisotopic (exact) mass is 329 g/mol. The van der Waals surface area contributed by atoms with Gasteiger partial charge in [0.25, 0.3) is 10.2 Å². The molecule has 0 spiro atoms. The lowest BCUT2D eigenvalue weighted by Crippen LogP contribution is -2.55. The number of nitrogens with zero attached hydrogens (tertiary/aromatic N) is 2. The lowest BCUT2D eigenvalue weighted by molar-refractivity contribution is 0.0685. The van der Waals surface area contributed by atoms with E-state index in [2.05, 4.69) is 5.32 Å². The summed E-state index contributed by atoms with van der Waals surface area (Å²) in [6.07, 6.45) is 0. The highest BCUT2D eigenvalue weighted by atomic mass is 32.2. The van der Waals surface area contributed by atoms with E-state index in [1.165, 1.54) is 20.7 Å². The smallest absolute Gasteiger partial charge is 0.282 e. The molecule has 0 amide bonds. The van der Waals surface area contributed by atoms with Gasteiger partial charge in [-0.15, -0.1) is 0 Å². The number of halogens is 1. The molecule has 1 aromatic carbocycles. The molecule has 1 N–H and O–H groups in total. The molecule has 0 aliphatic carbocycles. The van der Waals surface area contributed by atoms with Crippen LogP contribution in [0.25, 0.3) is 0 Å². The van der Waals surface area contributed by atoms with Gasteiger partial charge < -0.3 is 10.1 Å². The first-order valence-electron chi connectivity index (χ1n) is 7.40. The fourth-order valence-corrected chi connectivity index (χ4v) is 4.63. The second-order valence-electron chi connectivity index (χ2n) is 5.40. The molecule has 22 heavy (non-hydrogen) atoms. The molecular formula is C14H20FN3O3S. The summed E-state index contributed by atoms with van der Waals surface area (Å²) in [5.74, 6) is -0.355. The van der Waals surface area contributed by atoms with Crippen LogP contribution in [0.1, 0.15) is 11.6 Å². The van der Waals surface area contributed by atoms with Crippen LogP contribution in [0.15, 0.2) is 24.3 Å². The predicted octanol–water partition coefficient (Wildman–Crippen LogP) is 0.349. The molecule has 0 bridgehead atoms. The highest BCUT2D eigenvalue weighted by Gasteiger charge is 2.37. The number of hydrogen-bond acceptors (Lipinski definition) is 4. The molecule has 0 aromatic heterocycles. The van der Waals surface area contributed by atoms with Crippen LogP contribution >= 0.6 is 0 Å². The van der Waals surface area contributed by atoms with Crippen LogP contribution in [-0.2, 0) is 14.9 Å². The van der Waals surface area contributed by atoms with Crippen molar-refractivity contribution in [3.8, 4) is 0 Å². The van der Waals surface area contributed by atoms with Crippen molar-refractivity contribution in [2.24, 2.45) is 0 Å². The maximum Gasteiger partial charge on any atom is 0.282 e. The molecule has 2 heterocycles. The Balaban J connectivity index is 1.88. The first kappa shape index (κ1) is 15.8. The standard InChI is InChI=1S/C14H20FN3O3S/c15-13-3-1-2-12(10-13)14-11-16-4-5-18(14)22(19,20)17-6-8-21-9-7-17/h1-3,10,14,16H,4-9,11H2. The van der Waals surface area contributed by atoms with Gasteiger partial charge >= 0.3 is 0 Å². The minimum atomic E-state index is -3.57. The summed E-state index contributed by atoms with van der Waals surface area (Å²) in [7, 11) is -3.57. The van der Waals surface area contributed by atoms with Crippen LogP contribution in [0.5, 0.6) is 0 Å². The van der Waals surface area contributed by atoms with Crippen molar-refractivity contribution in [3.05, 3.63) is 35.6 Å². The zero-order chi connectivity index (χ0) is 15.6. The van der Waals surface area contributed by atoms with Crippen LogP contribution in [0.4, 0.5) is 4.39 Å². The average molecular weight is 329 g/mol. The molecule has 1 unspecified atom stereocenters. The SMILES string of the molecule is O=S(=O)(N1CCOCC1)N1CCNCC1c1cccc(F)c1. The van der Waals surface area contributed by atoms with Crippen molar-refractivity contribution >= 4 is 10.2 Å². The fraction of sp³-hybridized carbons (Fsp3) is 0.571. The largest absolute Gasteiger partial charge is 0.379 e. The Morgan fingerprint density at radius 2 is 2.00 bits per heavy atom. The zero-order valence-electron chi connectivity index (χ0n) is 12.2. The molecule has 122 valence electrons. The predicted molar refractivity (Wildman–Crippen MR) is 80.0 cm³/mol. The molecule has 2 saturated heterocycles. The van der Waals surface area contributed by atoms with Crippen molar-refractivity contribution in [2.75, 3.05) is 45.9 Å². The zero-order valence-corrected chi connectivity index (χ0v) is 13.1. The third kappa shape index (κ3) is 3.16. The number of hydrogen-bond donors (Lipinski definition) is 1. The summed E-state index contributed by atoms with van der Waals surface area (Å²) in [6, 6.07) is 5.75. The lowest BCUT2D eigenvalue weighted by Gasteiger charge is -2.39. The van der Waals surface area contributed by atoms with Crippen LogP contribution in [0.3, 0.4) is 0 Å². The van der Waals surface area contributed by atoms with E-state index in [9.17, 15) is 12.8 Å². The molecular weight excluding hydrogens is 309 g/mol. The maximum atomic E-state index is 13.5.